The molecule has 1 N–H and O–H groups in total. The molecule has 0 radical (unpaired) electrons. The van der Waals surface area contributed by atoms with Crippen LogP contribution in [0, 0.1) is 11.8 Å². The van der Waals surface area contributed by atoms with E-state index in [1.54, 1.807) is 0 Å². The van der Waals surface area contributed by atoms with Crippen LogP contribution in [0.4, 0.5) is 0 Å². The fraction of sp³-hybridized carbons (Fsp3) is 1.00. The maximum absolute atomic E-state index is 6.01. The maximum atomic E-state index is 6.01. The average Bonchev–Trinajstić information content (AvgIpc) is 2.32. The summed E-state index contributed by atoms with van der Waals surface area (Å²) in [6.45, 7) is 11.3. The van der Waals surface area contributed by atoms with Crippen LogP contribution in [0.1, 0.15) is 66.2 Å². The van der Waals surface area contributed by atoms with Crippen molar-refractivity contribution in [1.29, 1.82) is 0 Å². The first-order chi connectivity index (χ1) is 8.59. The second kappa shape index (κ2) is 8.92. The number of unbranched alkanes of at least 4 members (excludes halogenated alkanes) is 2. The zero-order valence-corrected chi connectivity index (χ0v) is 12.9. The minimum atomic E-state index is 0.546. The van der Waals surface area contributed by atoms with Crippen LogP contribution in [-0.4, -0.2) is 25.3 Å². The van der Waals surface area contributed by atoms with E-state index in [2.05, 4.69) is 33.0 Å². The Morgan fingerprint density at radius 1 is 1.06 bits per heavy atom. The molecule has 1 rings (SSSR count). The lowest BCUT2D eigenvalue weighted by Crippen LogP contribution is -2.27. The molecule has 3 unspecified atom stereocenters. The molecule has 0 aromatic heterocycles. The van der Waals surface area contributed by atoms with E-state index in [1.807, 2.05) is 0 Å². The summed E-state index contributed by atoms with van der Waals surface area (Å²) in [4.78, 5) is 0. The second-order valence-electron chi connectivity index (χ2n) is 6.43. The Morgan fingerprint density at radius 2 is 1.83 bits per heavy atom. The Hall–Kier alpha value is -0.0800. The lowest BCUT2D eigenvalue weighted by Gasteiger charge is -2.32. The van der Waals surface area contributed by atoms with E-state index < -0.39 is 0 Å². The van der Waals surface area contributed by atoms with Crippen molar-refractivity contribution >= 4 is 0 Å². The van der Waals surface area contributed by atoms with Gasteiger partial charge >= 0.3 is 0 Å². The van der Waals surface area contributed by atoms with E-state index in [0.29, 0.717) is 12.1 Å². The third-order valence-electron chi connectivity index (χ3n) is 4.28. The second-order valence-corrected chi connectivity index (χ2v) is 6.43. The summed E-state index contributed by atoms with van der Waals surface area (Å²) in [6, 6.07) is 0.618. The lowest BCUT2D eigenvalue weighted by atomic mass is 9.80. The first-order valence-electron chi connectivity index (χ1n) is 7.94. The Bertz CT molecular complexity index is 205. The van der Waals surface area contributed by atoms with Crippen LogP contribution in [0.15, 0.2) is 0 Å². The van der Waals surface area contributed by atoms with Gasteiger partial charge in [-0.25, -0.2) is 0 Å². The molecule has 1 saturated carbocycles. The predicted molar refractivity (Wildman–Crippen MR) is 78.9 cm³/mol. The van der Waals surface area contributed by atoms with Crippen molar-refractivity contribution in [2.24, 2.45) is 11.8 Å². The van der Waals surface area contributed by atoms with Gasteiger partial charge in [-0.1, -0.05) is 27.7 Å². The third-order valence-corrected chi connectivity index (χ3v) is 4.28. The molecule has 0 aromatic rings. The van der Waals surface area contributed by atoms with E-state index in [-0.39, 0.29) is 0 Å². The molecule has 1 aliphatic rings. The molecule has 2 heteroatoms. The van der Waals surface area contributed by atoms with Crippen LogP contribution in [0.3, 0.4) is 0 Å². The summed E-state index contributed by atoms with van der Waals surface area (Å²) in [7, 11) is 0. The molecule has 0 heterocycles. The van der Waals surface area contributed by atoms with Crippen molar-refractivity contribution < 1.29 is 4.74 Å². The standard InChI is InChI=1S/C16H33NO/c1-13(2)17-10-6-5-7-11-18-16-9-8-14(3)15(4)12-16/h13-17H,5-12H2,1-4H3. The van der Waals surface area contributed by atoms with Gasteiger partial charge in [0, 0.05) is 12.6 Å². The van der Waals surface area contributed by atoms with Crippen molar-refractivity contribution in [3.63, 3.8) is 0 Å². The van der Waals surface area contributed by atoms with Gasteiger partial charge in [0.05, 0.1) is 6.10 Å². The number of nitrogens with one attached hydrogen (secondary N) is 1. The molecule has 1 fully saturated rings. The molecule has 18 heavy (non-hydrogen) atoms. The van der Waals surface area contributed by atoms with Crippen LogP contribution >= 0.6 is 0 Å². The monoisotopic (exact) mass is 255 g/mol. The highest BCUT2D eigenvalue weighted by Crippen LogP contribution is 2.30. The van der Waals surface area contributed by atoms with Crippen LogP contribution in [0.25, 0.3) is 0 Å². The first kappa shape index (κ1) is 16.0. The maximum Gasteiger partial charge on any atom is 0.0577 e. The van der Waals surface area contributed by atoms with Gasteiger partial charge in [-0.3, -0.25) is 0 Å². The quantitative estimate of drug-likeness (QED) is 0.662. The van der Waals surface area contributed by atoms with E-state index in [4.69, 9.17) is 4.74 Å². The van der Waals surface area contributed by atoms with Crippen LogP contribution in [-0.2, 0) is 4.74 Å². The summed E-state index contributed by atoms with van der Waals surface area (Å²) in [6.07, 6.45) is 8.24. The van der Waals surface area contributed by atoms with E-state index >= 15 is 0 Å². The highest BCUT2D eigenvalue weighted by molar-refractivity contribution is 4.75. The molecule has 0 aliphatic heterocycles. The fourth-order valence-corrected chi connectivity index (χ4v) is 2.69. The Morgan fingerprint density at radius 3 is 2.50 bits per heavy atom. The van der Waals surface area contributed by atoms with E-state index in [9.17, 15) is 0 Å². The van der Waals surface area contributed by atoms with Gasteiger partial charge < -0.3 is 10.1 Å². The van der Waals surface area contributed by atoms with Crippen molar-refractivity contribution in [2.45, 2.75) is 78.4 Å². The van der Waals surface area contributed by atoms with Gasteiger partial charge in [-0.15, -0.1) is 0 Å². The molecule has 0 saturated heterocycles. The van der Waals surface area contributed by atoms with Crippen molar-refractivity contribution in [1.82, 2.24) is 5.32 Å². The lowest BCUT2D eigenvalue weighted by molar-refractivity contribution is 0.00104. The van der Waals surface area contributed by atoms with Crippen LogP contribution < -0.4 is 5.32 Å². The summed E-state index contributed by atoms with van der Waals surface area (Å²) in [5, 5.41) is 3.46. The molecular weight excluding hydrogens is 222 g/mol. The summed E-state index contributed by atoms with van der Waals surface area (Å²) in [5.41, 5.74) is 0. The number of hydrogen-bond acceptors (Lipinski definition) is 2. The summed E-state index contributed by atoms with van der Waals surface area (Å²) >= 11 is 0. The fourth-order valence-electron chi connectivity index (χ4n) is 2.69. The van der Waals surface area contributed by atoms with E-state index in [0.717, 1.165) is 25.0 Å². The van der Waals surface area contributed by atoms with Gasteiger partial charge in [-0.2, -0.15) is 0 Å². The third kappa shape index (κ3) is 6.75. The van der Waals surface area contributed by atoms with Gasteiger partial charge in [-0.05, 0) is 56.9 Å². The van der Waals surface area contributed by atoms with Gasteiger partial charge in [0.15, 0.2) is 0 Å². The molecule has 3 atom stereocenters. The molecule has 0 aromatic carbocycles. The Balaban J connectivity index is 1.92. The molecule has 0 amide bonds. The minimum absolute atomic E-state index is 0.546. The van der Waals surface area contributed by atoms with Gasteiger partial charge in [0.2, 0.25) is 0 Å². The largest absolute Gasteiger partial charge is 0.378 e. The van der Waals surface area contributed by atoms with E-state index in [1.165, 1.54) is 38.5 Å². The average molecular weight is 255 g/mol. The molecule has 0 bridgehead atoms. The van der Waals surface area contributed by atoms with Gasteiger partial charge in [0.1, 0.15) is 0 Å². The van der Waals surface area contributed by atoms with Gasteiger partial charge in [0.25, 0.3) is 0 Å². The Kier molecular flexibility index (Phi) is 7.92. The summed E-state index contributed by atoms with van der Waals surface area (Å²) in [5.74, 6) is 1.74. The van der Waals surface area contributed by atoms with Crippen molar-refractivity contribution in [2.75, 3.05) is 13.2 Å². The summed E-state index contributed by atoms with van der Waals surface area (Å²) < 4.78 is 6.01. The number of ether oxygens (including phenoxy) is 1. The van der Waals surface area contributed by atoms with Crippen LogP contribution in [0.5, 0.6) is 0 Å². The SMILES string of the molecule is CC(C)NCCCCCOC1CCC(C)C(C)C1. The Labute approximate surface area is 114 Å². The normalized spacial score (nSPS) is 28.8. The molecule has 0 spiro atoms. The number of hydrogen-bond donors (Lipinski definition) is 1. The smallest absolute Gasteiger partial charge is 0.0577 e. The minimum Gasteiger partial charge on any atom is -0.378 e. The zero-order chi connectivity index (χ0) is 13.4. The molecular formula is C16H33NO. The highest BCUT2D eigenvalue weighted by atomic mass is 16.5. The first-order valence-corrected chi connectivity index (χ1v) is 7.94. The number of rotatable bonds is 8. The topological polar surface area (TPSA) is 21.3 Å². The van der Waals surface area contributed by atoms with Crippen molar-refractivity contribution in [3.8, 4) is 0 Å². The van der Waals surface area contributed by atoms with Crippen molar-refractivity contribution in [3.05, 3.63) is 0 Å². The van der Waals surface area contributed by atoms with Crippen LogP contribution in [0.2, 0.25) is 0 Å². The highest BCUT2D eigenvalue weighted by Gasteiger charge is 2.24. The zero-order valence-electron chi connectivity index (χ0n) is 12.9. The molecule has 2 nitrogen and oxygen atoms in total. The molecule has 108 valence electrons. The predicted octanol–water partition coefficient (Wildman–Crippen LogP) is 4.00. The molecule has 1 aliphatic carbocycles.